The van der Waals surface area contributed by atoms with Gasteiger partial charge in [0.05, 0.1) is 47.7 Å². The molecule has 0 radical (unpaired) electrons. The number of amides is 5. The maximum atomic E-state index is 13.9. The van der Waals surface area contributed by atoms with Gasteiger partial charge in [-0.15, -0.1) is 0 Å². The molecule has 4 heterocycles. The minimum atomic E-state index is -0.600. The summed E-state index contributed by atoms with van der Waals surface area (Å²) in [4.78, 5) is 80.3. The van der Waals surface area contributed by atoms with Gasteiger partial charge in [-0.1, -0.05) is 59.6 Å². The molecule has 2 aliphatic rings. The van der Waals surface area contributed by atoms with Crippen molar-refractivity contribution in [1.29, 1.82) is 0 Å². The summed E-state index contributed by atoms with van der Waals surface area (Å²) in [6.07, 6.45) is 8.18. The number of thiol groups is 1. The van der Waals surface area contributed by atoms with Gasteiger partial charge in [0.1, 0.15) is 18.1 Å². The van der Waals surface area contributed by atoms with Crippen molar-refractivity contribution in [3.63, 3.8) is 0 Å². The maximum absolute atomic E-state index is 13.9. The molecule has 2 aromatic carbocycles. The number of anilines is 1. The number of carbonyl (C=O) groups is 5. The van der Waals surface area contributed by atoms with Crippen LogP contribution in [0.1, 0.15) is 99.6 Å². The van der Waals surface area contributed by atoms with Crippen molar-refractivity contribution in [3.8, 4) is 0 Å². The van der Waals surface area contributed by atoms with Gasteiger partial charge in [-0.3, -0.25) is 34.3 Å². The molecule has 70 heavy (non-hydrogen) atoms. The van der Waals surface area contributed by atoms with Crippen molar-refractivity contribution in [1.82, 2.24) is 40.0 Å². The molecule has 0 saturated carbocycles. The first kappa shape index (κ1) is 52.4. The van der Waals surface area contributed by atoms with Crippen LogP contribution >= 0.6 is 12.6 Å². The van der Waals surface area contributed by atoms with E-state index in [1.165, 1.54) is 10.5 Å². The number of unbranched alkanes of at least 4 members (excludes halogenated alkanes) is 1. The van der Waals surface area contributed by atoms with Gasteiger partial charge >= 0.3 is 0 Å². The minimum absolute atomic E-state index is 0.0316. The smallest absolute Gasteiger partial charge is 0.256 e. The molecule has 372 valence electrons. The van der Waals surface area contributed by atoms with Crippen LogP contribution in [0.15, 0.2) is 83.9 Å². The summed E-state index contributed by atoms with van der Waals surface area (Å²) in [5.74, 6) is -0.877. The number of nitrogens with one attached hydrogen (secondary N) is 4. The maximum Gasteiger partial charge on any atom is 0.256 e. The summed E-state index contributed by atoms with van der Waals surface area (Å²) in [7, 11) is 1.85. The topological polar surface area (TPSA) is 220 Å². The Morgan fingerprint density at radius 2 is 1.57 bits per heavy atom. The number of nitrogens with two attached hydrogens (primary N) is 1. The van der Waals surface area contributed by atoms with Crippen molar-refractivity contribution in [3.05, 3.63) is 107 Å². The van der Waals surface area contributed by atoms with E-state index in [0.717, 1.165) is 57.0 Å². The molecule has 1 fully saturated rings. The zero-order chi connectivity index (χ0) is 51.0. The van der Waals surface area contributed by atoms with Crippen molar-refractivity contribution in [2.75, 3.05) is 38.6 Å². The lowest BCUT2D eigenvalue weighted by Crippen LogP contribution is -2.43. The molecule has 17 nitrogen and oxygen atoms in total. The lowest BCUT2D eigenvalue weighted by atomic mass is 9.93. The number of carbonyl (C=O) groups excluding carboxylic acids is 5. The van der Waals surface area contributed by atoms with E-state index in [4.69, 9.17) is 20.4 Å². The molecule has 1 saturated heterocycles. The predicted octanol–water partition coefficient (Wildman–Crippen LogP) is 6.43. The molecule has 0 spiro atoms. The predicted molar refractivity (Wildman–Crippen MR) is 279 cm³/mol. The van der Waals surface area contributed by atoms with Crippen LogP contribution in [0.25, 0.3) is 27.8 Å². The number of fused-ring (bicyclic) bond motifs is 2. The third-order valence-corrected chi connectivity index (χ3v) is 13.0. The quantitative estimate of drug-likeness (QED) is 0.0197. The lowest BCUT2D eigenvalue weighted by molar-refractivity contribution is -0.135. The van der Waals surface area contributed by atoms with E-state index in [1.807, 2.05) is 52.3 Å². The highest BCUT2D eigenvalue weighted by molar-refractivity contribution is 7.81. The molecule has 0 aliphatic carbocycles. The summed E-state index contributed by atoms with van der Waals surface area (Å²) >= 11 is 4.53. The molecular formula is C52H67N11O6S. The van der Waals surface area contributed by atoms with Crippen LogP contribution in [0.2, 0.25) is 0 Å². The Balaban J connectivity index is 1.11. The van der Waals surface area contributed by atoms with Gasteiger partial charge in [0.15, 0.2) is 0 Å². The zero-order valence-electron chi connectivity index (χ0n) is 41.5. The van der Waals surface area contributed by atoms with Crippen molar-refractivity contribution >= 4 is 81.6 Å². The van der Waals surface area contributed by atoms with Crippen LogP contribution in [0.3, 0.4) is 0 Å². The van der Waals surface area contributed by atoms with Crippen LogP contribution in [0.4, 0.5) is 5.95 Å². The highest BCUT2D eigenvalue weighted by Gasteiger charge is 2.42. The average molecular weight is 974 g/mol. The number of ether oxygens (including phenoxy) is 1. The molecule has 2 aromatic heterocycles. The van der Waals surface area contributed by atoms with E-state index in [0.29, 0.717) is 92.3 Å². The Labute approximate surface area is 415 Å². The van der Waals surface area contributed by atoms with Crippen molar-refractivity contribution < 1.29 is 28.7 Å². The van der Waals surface area contributed by atoms with Crippen molar-refractivity contribution in [2.24, 2.45) is 16.6 Å². The van der Waals surface area contributed by atoms with Gasteiger partial charge in [0, 0.05) is 71.7 Å². The summed E-state index contributed by atoms with van der Waals surface area (Å²) in [6, 6.07) is 7.64. The fourth-order valence-corrected chi connectivity index (χ4v) is 9.02. The Morgan fingerprint density at radius 1 is 0.914 bits per heavy atom. The van der Waals surface area contributed by atoms with Gasteiger partial charge in [-0.25, -0.2) is 9.97 Å². The molecule has 1 unspecified atom stereocenters. The monoisotopic (exact) mass is 973 g/mol. The fraction of sp³-hybridized carbons (Fsp3) is 0.423. The van der Waals surface area contributed by atoms with Gasteiger partial charge in [-0.2, -0.15) is 12.6 Å². The first-order valence-electron chi connectivity index (χ1n) is 23.7. The molecule has 0 bridgehead atoms. The molecule has 2 aliphatic heterocycles. The number of likely N-dealkylation sites (tertiary alicyclic amines) is 1. The van der Waals surface area contributed by atoms with E-state index >= 15 is 0 Å². The minimum Gasteiger partial charge on any atom is -0.497 e. The highest BCUT2D eigenvalue weighted by atomic mass is 32.1. The van der Waals surface area contributed by atoms with E-state index in [9.17, 15) is 24.0 Å². The van der Waals surface area contributed by atoms with Crippen molar-refractivity contribution in [2.45, 2.75) is 104 Å². The number of aromatic nitrogens is 4. The van der Waals surface area contributed by atoms with Gasteiger partial charge in [-0.05, 0) is 86.9 Å². The summed E-state index contributed by atoms with van der Waals surface area (Å²) in [5, 5.41) is 11.4. The number of hydrogen-bond donors (Lipinski definition) is 6. The number of imidazole rings is 2. The molecule has 1 atom stereocenters. The first-order valence-corrected chi connectivity index (χ1v) is 24.2. The molecule has 6 rings (SSSR count). The first-order chi connectivity index (χ1) is 33.2. The number of allylic oxidation sites excluding steroid dienone is 4. The third-order valence-electron chi connectivity index (χ3n) is 12.6. The summed E-state index contributed by atoms with van der Waals surface area (Å²) in [6.45, 7) is 24.4. The Kier molecular flexibility index (Phi) is 17.0. The SMILES string of the molecule is C=C(CNC(=O)CNC(=O)CN1C(=C)CC(C(C)(C)S)C1=O)OCCCCc1cc(C(N)=O)cc2nc(NC(=O)C3=C(CC)N=C(C)C3)n(C/C=C/Cn3c(C)nc4cc(C(=C)NC)cc(CC)c43)c12. The second-order valence-corrected chi connectivity index (χ2v) is 19.4. The second kappa shape index (κ2) is 22.6. The van der Waals surface area contributed by atoms with E-state index in [2.05, 4.69) is 88.3 Å². The van der Waals surface area contributed by atoms with E-state index in [-0.39, 0.29) is 37.4 Å². The zero-order valence-corrected chi connectivity index (χ0v) is 42.4. The Bertz CT molecular complexity index is 2860. The fourth-order valence-electron chi connectivity index (χ4n) is 8.82. The number of nitrogens with zero attached hydrogens (tertiary/aromatic N) is 6. The normalized spacial score (nSPS) is 15.1. The number of rotatable bonds is 24. The van der Waals surface area contributed by atoms with Crippen LogP contribution < -0.4 is 27.0 Å². The molecule has 5 amide bonds. The number of hydrogen-bond acceptors (Lipinski definition) is 11. The number of aryl methyl sites for hydroxylation is 3. The number of aliphatic imine (C=N–C) groups is 1. The molecule has 18 heteroatoms. The van der Waals surface area contributed by atoms with Crippen LogP contribution in [-0.2, 0) is 49.8 Å². The molecule has 6 N–H and O–H groups in total. The summed E-state index contributed by atoms with van der Waals surface area (Å²) < 4.78 is 9.42. The Morgan fingerprint density at radius 3 is 2.23 bits per heavy atom. The van der Waals surface area contributed by atoms with Gasteiger partial charge < -0.3 is 40.5 Å². The van der Waals surface area contributed by atoms with E-state index in [1.54, 1.807) is 12.1 Å². The average Bonchev–Trinajstić information content (AvgIpc) is 4.05. The summed E-state index contributed by atoms with van der Waals surface area (Å²) in [5.41, 5.74) is 15.9. The standard InChI is InChI=1S/C52H67N11O6S/c1-11-35-23-37(33(6)54-10)25-42-46(35)61(34(7)58-42)18-14-15-19-62-47-36(24-38(48(53)66)26-43(47)59-51(62)60-49(67)39-21-30(3)57-41(39)12-2)17-13-16-20-69-32(5)27-55-44(64)28-56-45(65)29-63-31(4)22-40(50(63)68)52(8,9)70/h14-15,23-26,40,54,70H,4-6,11-13,16-22,27-29H2,1-3,7-10H3,(H2,53,66)(H,55,64)(H,56,65)(H,59,60,67)/b15-14+. The largest absolute Gasteiger partial charge is 0.497 e. The van der Waals surface area contributed by atoms with Gasteiger partial charge in [0.25, 0.3) is 5.91 Å². The molecule has 4 aromatic rings. The molecular weight excluding hydrogens is 907 g/mol. The second-order valence-electron chi connectivity index (χ2n) is 18.3. The van der Waals surface area contributed by atoms with Gasteiger partial charge in [0.2, 0.25) is 29.6 Å². The lowest BCUT2D eigenvalue weighted by Gasteiger charge is -2.24. The third kappa shape index (κ3) is 12.3. The highest BCUT2D eigenvalue weighted by Crippen LogP contribution is 2.37. The van der Waals surface area contributed by atoms with Crippen LogP contribution in [0.5, 0.6) is 0 Å². The van der Waals surface area contributed by atoms with E-state index < -0.39 is 22.5 Å². The number of benzene rings is 2. The van der Waals surface area contributed by atoms with Crippen LogP contribution in [0, 0.1) is 12.8 Å². The number of primary amides is 1. The van der Waals surface area contributed by atoms with Crippen LogP contribution in [-0.4, -0.2) is 97.3 Å². The Hall–Kier alpha value is -6.95.